The smallest absolute Gasteiger partial charge is 0.109 e. The Bertz CT molecular complexity index is 515. The van der Waals surface area contributed by atoms with Crippen LogP contribution in [0.5, 0.6) is 0 Å². The molecule has 0 radical (unpaired) electrons. The minimum absolute atomic E-state index is 0.605. The molecule has 2 nitrogen and oxygen atoms in total. The summed E-state index contributed by atoms with van der Waals surface area (Å²) >= 11 is 5.24. The van der Waals surface area contributed by atoms with Crippen LogP contribution in [0.1, 0.15) is 31.6 Å². The molecule has 0 bridgehead atoms. The van der Waals surface area contributed by atoms with Crippen LogP contribution in [0.3, 0.4) is 0 Å². The van der Waals surface area contributed by atoms with Gasteiger partial charge in [0.25, 0.3) is 0 Å². The maximum atomic E-state index is 4.74. The summed E-state index contributed by atoms with van der Waals surface area (Å²) in [7, 11) is 0. The first-order valence-corrected chi connectivity index (χ1v) is 7.18. The fourth-order valence-corrected chi connectivity index (χ4v) is 3.60. The lowest BCUT2D eigenvalue weighted by molar-refractivity contribution is 0.426. The molecule has 1 atom stereocenters. The maximum Gasteiger partial charge on any atom is 0.109 e. The van der Waals surface area contributed by atoms with Crippen LogP contribution in [0.25, 0.3) is 10.6 Å². The Morgan fingerprint density at radius 2 is 2.38 bits per heavy atom. The first-order valence-electron chi connectivity index (χ1n) is 5.57. The molecule has 84 valence electrons. The molecule has 0 amide bonds. The number of hydrogen-bond donors (Lipinski definition) is 0. The van der Waals surface area contributed by atoms with Crippen LogP contribution in [0.15, 0.2) is 22.1 Å². The average molecular weight is 297 g/mol. The number of aromatic nitrogens is 2. The molecule has 0 saturated carbocycles. The second kappa shape index (κ2) is 4.00. The van der Waals surface area contributed by atoms with Gasteiger partial charge in [0.2, 0.25) is 0 Å². The number of nitrogens with zero attached hydrogens (tertiary/aromatic N) is 2. The molecule has 1 unspecified atom stereocenters. The van der Waals surface area contributed by atoms with E-state index in [1.807, 2.05) is 0 Å². The number of imidazole rings is 1. The normalized spacial score (nSPS) is 19.8. The van der Waals surface area contributed by atoms with Gasteiger partial charge in [-0.05, 0) is 47.8 Å². The Labute approximate surface area is 107 Å². The van der Waals surface area contributed by atoms with Crippen molar-refractivity contribution in [1.82, 2.24) is 9.55 Å². The zero-order chi connectivity index (χ0) is 11.1. The average Bonchev–Trinajstić information content (AvgIpc) is 2.84. The summed E-state index contributed by atoms with van der Waals surface area (Å²) in [6, 6.07) is 4.82. The van der Waals surface area contributed by atoms with Crippen LogP contribution in [0.4, 0.5) is 0 Å². The second-order valence-electron chi connectivity index (χ2n) is 4.29. The van der Waals surface area contributed by atoms with Crippen molar-refractivity contribution in [1.29, 1.82) is 0 Å². The Kier molecular flexibility index (Phi) is 2.64. The van der Waals surface area contributed by atoms with Crippen molar-refractivity contribution in [3.8, 4) is 10.6 Å². The van der Waals surface area contributed by atoms with Crippen LogP contribution in [-0.2, 0) is 6.42 Å². The predicted molar refractivity (Wildman–Crippen MR) is 70.9 cm³/mol. The van der Waals surface area contributed by atoms with Gasteiger partial charge in [-0.3, -0.25) is 0 Å². The number of thiophene rings is 1. The number of aryl methyl sites for hydroxylation is 1. The molecule has 0 spiro atoms. The Hall–Kier alpha value is -0.610. The highest BCUT2D eigenvalue weighted by atomic mass is 79.9. The summed E-state index contributed by atoms with van der Waals surface area (Å²) < 4.78 is 3.51. The van der Waals surface area contributed by atoms with Crippen molar-refractivity contribution in [3.05, 3.63) is 27.9 Å². The van der Waals surface area contributed by atoms with E-state index in [4.69, 9.17) is 4.98 Å². The highest BCUT2D eigenvalue weighted by Gasteiger charge is 2.18. The lowest BCUT2D eigenvalue weighted by atomic mass is 10.1. The molecular formula is C12H13BrN2S. The topological polar surface area (TPSA) is 17.8 Å². The standard InChI is InChI=1S/C12H13BrN2S/c1-8-3-2-4-12-14-9(7-15(8)12)10-5-6-11(13)16-10/h5-8H,2-4H2,1H3. The van der Waals surface area contributed by atoms with Crippen molar-refractivity contribution < 1.29 is 0 Å². The Morgan fingerprint density at radius 3 is 3.06 bits per heavy atom. The monoisotopic (exact) mass is 296 g/mol. The molecule has 2 aromatic rings. The minimum Gasteiger partial charge on any atom is -0.331 e. The highest BCUT2D eigenvalue weighted by molar-refractivity contribution is 9.11. The summed E-state index contributed by atoms with van der Waals surface area (Å²) in [4.78, 5) is 5.99. The third kappa shape index (κ3) is 1.74. The van der Waals surface area contributed by atoms with Crippen LogP contribution in [0.2, 0.25) is 0 Å². The molecule has 0 saturated heterocycles. The van der Waals surface area contributed by atoms with E-state index in [1.54, 1.807) is 11.3 Å². The van der Waals surface area contributed by atoms with Gasteiger partial charge in [-0.2, -0.15) is 0 Å². The largest absolute Gasteiger partial charge is 0.331 e. The van der Waals surface area contributed by atoms with Crippen molar-refractivity contribution in [2.45, 2.75) is 32.2 Å². The number of rotatable bonds is 1. The summed E-state index contributed by atoms with van der Waals surface area (Å²) in [6.07, 6.45) is 5.87. The summed E-state index contributed by atoms with van der Waals surface area (Å²) in [5.74, 6) is 1.25. The SMILES string of the molecule is CC1CCCc2nc(-c3ccc(Br)s3)cn21. The van der Waals surface area contributed by atoms with E-state index >= 15 is 0 Å². The lowest BCUT2D eigenvalue weighted by Gasteiger charge is -2.20. The first kappa shape index (κ1) is 10.5. The van der Waals surface area contributed by atoms with Crippen molar-refractivity contribution in [2.75, 3.05) is 0 Å². The third-order valence-electron chi connectivity index (χ3n) is 3.13. The fraction of sp³-hybridized carbons (Fsp3) is 0.417. The van der Waals surface area contributed by atoms with Gasteiger partial charge >= 0.3 is 0 Å². The van der Waals surface area contributed by atoms with E-state index < -0.39 is 0 Å². The van der Waals surface area contributed by atoms with Crippen molar-refractivity contribution >= 4 is 27.3 Å². The molecule has 4 heteroatoms. The van der Waals surface area contributed by atoms with Gasteiger partial charge < -0.3 is 4.57 Å². The molecule has 1 aliphatic rings. The second-order valence-corrected chi connectivity index (χ2v) is 6.76. The van der Waals surface area contributed by atoms with Gasteiger partial charge in [-0.15, -0.1) is 11.3 Å². The molecule has 0 N–H and O–H groups in total. The van der Waals surface area contributed by atoms with E-state index in [1.165, 1.54) is 27.3 Å². The summed E-state index contributed by atoms with van der Waals surface area (Å²) in [6.45, 7) is 2.28. The van der Waals surface area contributed by atoms with Gasteiger partial charge in [-0.1, -0.05) is 0 Å². The van der Waals surface area contributed by atoms with E-state index in [0.717, 1.165) is 12.1 Å². The molecule has 0 aromatic carbocycles. The minimum atomic E-state index is 0.605. The zero-order valence-corrected chi connectivity index (χ0v) is 11.5. The third-order valence-corrected chi connectivity index (χ3v) is 4.78. The molecule has 0 fully saturated rings. The molecule has 2 aromatic heterocycles. The molecule has 16 heavy (non-hydrogen) atoms. The quantitative estimate of drug-likeness (QED) is 0.768. The first-order chi connectivity index (χ1) is 7.74. The molecule has 1 aliphatic heterocycles. The van der Waals surface area contributed by atoms with E-state index in [2.05, 4.69) is 45.8 Å². The number of hydrogen-bond acceptors (Lipinski definition) is 2. The Morgan fingerprint density at radius 1 is 1.50 bits per heavy atom. The van der Waals surface area contributed by atoms with E-state index in [-0.39, 0.29) is 0 Å². The molecular weight excluding hydrogens is 284 g/mol. The maximum absolute atomic E-state index is 4.74. The van der Waals surface area contributed by atoms with Gasteiger partial charge in [0.05, 0.1) is 14.4 Å². The highest BCUT2D eigenvalue weighted by Crippen LogP contribution is 2.33. The number of halogens is 1. The lowest BCUT2D eigenvalue weighted by Crippen LogP contribution is -2.14. The van der Waals surface area contributed by atoms with Crippen LogP contribution in [-0.4, -0.2) is 9.55 Å². The molecule has 0 aliphatic carbocycles. The molecule has 3 heterocycles. The summed E-state index contributed by atoms with van der Waals surface area (Å²) in [5.41, 5.74) is 1.12. The van der Waals surface area contributed by atoms with Gasteiger partial charge in [0, 0.05) is 18.7 Å². The molecule has 3 rings (SSSR count). The summed E-state index contributed by atoms with van der Waals surface area (Å²) in [5, 5.41) is 0. The Balaban J connectivity index is 2.04. The van der Waals surface area contributed by atoms with Gasteiger partial charge in [-0.25, -0.2) is 4.98 Å². The fourth-order valence-electron chi connectivity index (χ4n) is 2.26. The van der Waals surface area contributed by atoms with Crippen molar-refractivity contribution in [2.24, 2.45) is 0 Å². The zero-order valence-electron chi connectivity index (χ0n) is 9.11. The number of fused-ring (bicyclic) bond motifs is 1. The van der Waals surface area contributed by atoms with Crippen molar-refractivity contribution in [3.63, 3.8) is 0 Å². The van der Waals surface area contributed by atoms with Gasteiger partial charge in [0.1, 0.15) is 5.82 Å². The predicted octanol–water partition coefficient (Wildman–Crippen LogP) is 4.27. The van der Waals surface area contributed by atoms with Crippen LogP contribution >= 0.6 is 27.3 Å². The van der Waals surface area contributed by atoms with Gasteiger partial charge in [0.15, 0.2) is 0 Å². The van der Waals surface area contributed by atoms with E-state index in [0.29, 0.717) is 6.04 Å². The van der Waals surface area contributed by atoms with E-state index in [9.17, 15) is 0 Å². The van der Waals surface area contributed by atoms with Crippen LogP contribution in [0, 0.1) is 0 Å². The van der Waals surface area contributed by atoms with Crippen LogP contribution < -0.4 is 0 Å².